The summed E-state index contributed by atoms with van der Waals surface area (Å²) in [5.41, 5.74) is 15.0. The molecule has 62 heavy (non-hydrogen) atoms. The molecule has 1 aliphatic rings. The van der Waals surface area contributed by atoms with Crippen molar-refractivity contribution in [2.75, 3.05) is 0 Å². The van der Waals surface area contributed by atoms with Crippen LogP contribution in [0.5, 0.6) is 0 Å². The minimum atomic E-state index is -0.404. The average Bonchev–Trinajstić information content (AvgIpc) is 3.88. The van der Waals surface area contributed by atoms with Crippen LogP contribution in [0.25, 0.3) is 87.7 Å². The lowest BCUT2D eigenvalue weighted by Gasteiger charge is -2.33. The highest BCUT2D eigenvalue weighted by Gasteiger charge is 2.45. The van der Waals surface area contributed by atoms with Crippen LogP contribution in [0, 0.1) is 0 Å². The Morgan fingerprint density at radius 2 is 0.790 bits per heavy atom. The number of nitrogens with zero attached hydrogens (tertiary/aromatic N) is 3. The maximum atomic E-state index is 5.11. The topological polar surface area (TPSA) is 38.7 Å². The smallest absolute Gasteiger partial charge is 0.164 e. The standard InChI is InChI=1S/C58H37N3S/c1-5-16-40(17-6-1)55-59-56(41-18-7-2-8-19-41)61-57(60-55)47-25-15-27-53-54(47)49-37-43(33-35-52(49)62-53)39-30-28-38(29-31-39)42-32-34-51-48(36-42)46-24-13-14-26-50(46)58(51,44-20-9-3-10-21-44)45-22-11-4-12-23-45/h1-37H. The molecule has 0 amide bonds. The minimum absolute atomic E-state index is 0.404. The van der Waals surface area contributed by atoms with Crippen LogP contribution in [0.3, 0.4) is 0 Å². The number of aromatic nitrogens is 3. The van der Waals surface area contributed by atoms with Gasteiger partial charge in [-0.3, -0.25) is 0 Å². The summed E-state index contributed by atoms with van der Waals surface area (Å²) >= 11 is 1.81. The van der Waals surface area contributed by atoms with E-state index in [1.165, 1.54) is 70.4 Å². The van der Waals surface area contributed by atoms with E-state index >= 15 is 0 Å². The van der Waals surface area contributed by atoms with Gasteiger partial charge in [0, 0.05) is 36.9 Å². The molecule has 3 nitrogen and oxygen atoms in total. The second-order valence-corrected chi connectivity index (χ2v) is 17.0. The Bertz CT molecular complexity index is 3340. The summed E-state index contributed by atoms with van der Waals surface area (Å²) in [5, 5.41) is 2.36. The Labute approximate surface area is 364 Å². The first kappa shape index (κ1) is 36.1. The van der Waals surface area contributed by atoms with E-state index in [9.17, 15) is 0 Å². The molecule has 0 radical (unpaired) electrons. The van der Waals surface area contributed by atoms with Crippen LogP contribution in [0.15, 0.2) is 224 Å². The van der Waals surface area contributed by atoms with E-state index in [0.717, 1.165) is 22.1 Å². The van der Waals surface area contributed by atoms with Crippen molar-refractivity contribution in [2.45, 2.75) is 5.41 Å². The molecule has 4 heteroatoms. The maximum Gasteiger partial charge on any atom is 0.164 e. The summed E-state index contributed by atoms with van der Waals surface area (Å²) in [6.07, 6.45) is 0. The number of benzene rings is 9. The Balaban J connectivity index is 0.940. The molecule has 0 saturated heterocycles. The molecule has 9 aromatic carbocycles. The molecule has 0 fully saturated rings. The van der Waals surface area contributed by atoms with Crippen molar-refractivity contribution in [1.82, 2.24) is 15.0 Å². The lowest BCUT2D eigenvalue weighted by Crippen LogP contribution is -2.28. The molecule has 12 rings (SSSR count). The fourth-order valence-electron chi connectivity index (χ4n) is 9.61. The van der Waals surface area contributed by atoms with Gasteiger partial charge in [0.25, 0.3) is 0 Å². The quantitative estimate of drug-likeness (QED) is 0.161. The van der Waals surface area contributed by atoms with Crippen LogP contribution in [0.4, 0.5) is 0 Å². The van der Waals surface area contributed by atoms with E-state index in [1.54, 1.807) is 11.3 Å². The molecule has 0 spiro atoms. The number of thiophene rings is 1. The van der Waals surface area contributed by atoms with Crippen molar-refractivity contribution in [1.29, 1.82) is 0 Å². The highest BCUT2D eigenvalue weighted by Crippen LogP contribution is 2.56. The molecule has 0 unspecified atom stereocenters. The minimum Gasteiger partial charge on any atom is -0.208 e. The molecule has 0 saturated carbocycles. The fraction of sp³-hybridized carbons (Fsp3) is 0.0172. The van der Waals surface area contributed by atoms with E-state index in [0.29, 0.717) is 17.5 Å². The third kappa shape index (κ3) is 5.83. The molecule has 290 valence electrons. The van der Waals surface area contributed by atoms with Gasteiger partial charge in [-0.15, -0.1) is 11.3 Å². The van der Waals surface area contributed by atoms with Crippen LogP contribution >= 0.6 is 11.3 Å². The van der Waals surface area contributed by atoms with Crippen molar-refractivity contribution < 1.29 is 0 Å². The number of hydrogen-bond acceptors (Lipinski definition) is 4. The summed E-state index contributed by atoms with van der Waals surface area (Å²) in [6, 6.07) is 80.7. The lowest BCUT2D eigenvalue weighted by molar-refractivity contribution is 0.768. The van der Waals surface area contributed by atoms with Crippen LogP contribution in [0.1, 0.15) is 22.3 Å². The van der Waals surface area contributed by atoms with Gasteiger partial charge in [-0.25, -0.2) is 15.0 Å². The van der Waals surface area contributed by atoms with E-state index in [4.69, 9.17) is 15.0 Å². The van der Waals surface area contributed by atoms with Crippen molar-refractivity contribution in [2.24, 2.45) is 0 Å². The monoisotopic (exact) mass is 807 g/mol. The van der Waals surface area contributed by atoms with Gasteiger partial charge in [0.15, 0.2) is 17.5 Å². The molecule has 2 aromatic heterocycles. The molecular weight excluding hydrogens is 771 g/mol. The second kappa shape index (κ2) is 14.7. The largest absolute Gasteiger partial charge is 0.208 e. The second-order valence-electron chi connectivity index (χ2n) is 15.9. The molecule has 0 N–H and O–H groups in total. The van der Waals surface area contributed by atoms with Crippen molar-refractivity contribution >= 4 is 31.5 Å². The zero-order chi connectivity index (χ0) is 41.0. The van der Waals surface area contributed by atoms with Crippen molar-refractivity contribution in [3.8, 4) is 67.5 Å². The first-order valence-electron chi connectivity index (χ1n) is 21.0. The van der Waals surface area contributed by atoms with Crippen LogP contribution in [0.2, 0.25) is 0 Å². The van der Waals surface area contributed by atoms with E-state index in [2.05, 4.69) is 188 Å². The molecule has 11 aromatic rings. The maximum absolute atomic E-state index is 5.11. The van der Waals surface area contributed by atoms with E-state index in [-0.39, 0.29) is 0 Å². The Morgan fingerprint density at radius 3 is 1.42 bits per heavy atom. The number of rotatable bonds is 7. The summed E-state index contributed by atoms with van der Waals surface area (Å²) < 4.78 is 2.43. The Morgan fingerprint density at radius 1 is 0.306 bits per heavy atom. The average molecular weight is 808 g/mol. The molecular formula is C58H37N3S. The molecule has 1 aliphatic carbocycles. The predicted molar refractivity (Wildman–Crippen MR) is 257 cm³/mol. The molecule has 0 aliphatic heterocycles. The van der Waals surface area contributed by atoms with Gasteiger partial charge in [-0.1, -0.05) is 200 Å². The van der Waals surface area contributed by atoms with Gasteiger partial charge < -0.3 is 0 Å². The predicted octanol–water partition coefficient (Wildman–Crippen LogP) is 14.9. The van der Waals surface area contributed by atoms with Crippen LogP contribution in [-0.4, -0.2) is 15.0 Å². The normalized spacial score (nSPS) is 12.6. The van der Waals surface area contributed by atoms with Gasteiger partial charge in [0.1, 0.15) is 0 Å². The summed E-state index contributed by atoms with van der Waals surface area (Å²) in [6.45, 7) is 0. The highest BCUT2D eigenvalue weighted by molar-refractivity contribution is 7.26. The van der Waals surface area contributed by atoms with Gasteiger partial charge in [-0.05, 0) is 79.9 Å². The third-order valence-electron chi connectivity index (χ3n) is 12.4. The van der Waals surface area contributed by atoms with Crippen molar-refractivity contribution in [3.05, 3.63) is 247 Å². The Hall–Kier alpha value is -7.79. The van der Waals surface area contributed by atoms with E-state index in [1.807, 2.05) is 36.4 Å². The highest BCUT2D eigenvalue weighted by atomic mass is 32.1. The Kier molecular flexibility index (Phi) is 8.58. The summed E-state index contributed by atoms with van der Waals surface area (Å²) in [5.74, 6) is 1.98. The van der Waals surface area contributed by atoms with Gasteiger partial charge in [0.2, 0.25) is 0 Å². The first-order chi connectivity index (χ1) is 30.7. The lowest BCUT2D eigenvalue weighted by atomic mass is 9.67. The SMILES string of the molecule is c1ccc(-c2nc(-c3ccccc3)nc(-c3cccc4sc5ccc(-c6ccc(-c7ccc8c(c7)-c7ccccc7C8(c7ccccc7)c7ccccc7)cc6)cc5c34)n2)cc1. The van der Waals surface area contributed by atoms with Crippen LogP contribution in [-0.2, 0) is 5.41 Å². The van der Waals surface area contributed by atoms with Crippen LogP contribution < -0.4 is 0 Å². The van der Waals surface area contributed by atoms with Gasteiger partial charge in [0.05, 0.1) is 5.41 Å². The van der Waals surface area contributed by atoms with Crippen molar-refractivity contribution in [3.63, 3.8) is 0 Å². The number of hydrogen-bond donors (Lipinski definition) is 0. The molecule has 2 heterocycles. The molecule has 0 atom stereocenters. The summed E-state index contributed by atoms with van der Waals surface area (Å²) in [4.78, 5) is 15.2. The van der Waals surface area contributed by atoms with Gasteiger partial charge >= 0.3 is 0 Å². The fourth-order valence-corrected chi connectivity index (χ4v) is 10.7. The number of fused-ring (bicyclic) bond motifs is 6. The molecule has 0 bridgehead atoms. The van der Waals surface area contributed by atoms with Gasteiger partial charge in [-0.2, -0.15) is 0 Å². The van der Waals surface area contributed by atoms with E-state index < -0.39 is 5.41 Å². The zero-order valence-corrected chi connectivity index (χ0v) is 34.4. The first-order valence-corrected chi connectivity index (χ1v) is 21.8. The third-order valence-corrected chi connectivity index (χ3v) is 13.6. The zero-order valence-electron chi connectivity index (χ0n) is 33.6. The summed E-state index contributed by atoms with van der Waals surface area (Å²) in [7, 11) is 0.